The minimum absolute atomic E-state index is 0.628. The fraction of sp³-hybridized carbons (Fsp3) is 0.217. The molecule has 0 aliphatic heterocycles. The van der Waals surface area contributed by atoms with Crippen molar-refractivity contribution in [3.63, 3.8) is 0 Å². The molecule has 120 valence electrons. The van der Waals surface area contributed by atoms with E-state index in [1.165, 1.54) is 46.2 Å². The van der Waals surface area contributed by atoms with Gasteiger partial charge in [0.05, 0.1) is 0 Å². The maximum absolute atomic E-state index is 6.21. The molecular formula is C23H22O. The zero-order valence-electron chi connectivity index (χ0n) is 14.1. The molecule has 3 aromatic carbocycles. The van der Waals surface area contributed by atoms with Gasteiger partial charge in [-0.2, -0.15) is 0 Å². The van der Waals surface area contributed by atoms with Gasteiger partial charge in [-0.1, -0.05) is 60.7 Å². The molecule has 1 nitrogen and oxygen atoms in total. The Kier molecular flexibility index (Phi) is 4.08. The Morgan fingerprint density at radius 1 is 0.833 bits per heavy atom. The van der Waals surface area contributed by atoms with Crippen molar-refractivity contribution in [1.82, 2.24) is 0 Å². The van der Waals surface area contributed by atoms with Crippen molar-refractivity contribution in [3.8, 4) is 16.9 Å². The number of fused-ring (bicyclic) bond motifs is 1. The summed E-state index contributed by atoms with van der Waals surface area (Å²) < 4.78 is 6.21. The average Bonchev–Trinajstić information content (AvgIpc) is 3.11. The third-order valence-corrected chi connectivity index (χ3v) is 5.02. The van der Waals surface area contributed by atoms with Gasteiger partial charge in [0.1, 0.15) is 12.4 Å². The Balaban J connectivity index is 1.59. The second-order valence-electron chi connectivity index (χ2n) is 6.49. The molecule has 0 unspecified atom stereocenters. The second-order valence-corrected chi connectivity index (χ2v) is 6.49. The van der Waals surface area contributed by atoms with Gasteiger partial charge in [0.15, 0.2) is 0 Å². The van der Waals surface area contributed by atoms with Crippen molar-refractivity contribution in [2.45, 2.75) is 32.8 Å². The minimum Gasteiger partial charge on any atom is -0.489 e. The number of aryl methyl sites for hydroxylation is 1. The molecule has 0 spiro atoms. The summed E-state index contributed by atoms with van der Waals surface area (Å²) in [6.07, 6.45) is 3.59. The zero-order valence-corrected chi connectivity index (χ0v) is 14.1. The normalized spacial score (nSPS) is 12.9. The minimum atomic E-state index is 0.628. The van der Waals surface area contributed by atoms with Crippen LogP contribution in [0.15, 0.2) is 66.7 Å². The Bertz CT molecular complexity index is 849. The summed E-state index contributed by atoms with van der Waals surface area (Å²) >= 11 is 0. The monoisotopic (exact) mass is 314 g/mol. The predicted octanol–water partition coefficient (Wildman–Crippen LogP) is 5.73. The van der Waals surface area contributed by atoms with E-state index < -0.39 is 0 Å². The SMILES string of the molecule is Cc1c(COc2cccc3c2CCC3)cccc1-c1ccccc1. The van der Waals surface area contributed by atoms with E-state index in [1.54, 1.807) is 0 Å². The van der Waals surface area contributed by atoms with Gasteiger partial charge in [-0.3, -0.25) is 0 Å². The molecule has 0 atom stereocenters. The molecule has 1 heteroatoms. The van der Waals surface area contributed by atoms with Gasteiger partial charge in [-0.25, -0.2) is 0 Å². The highest BCUT2D eigenvalue weighted by molar-refractivity contribution is 5.68. The van der Waals surface area contributed by atoms with Crippen molar-refractivity contribution >= 4 is 0 Å². The van der Waals surface area contributed by atoms with Gasteiger partial charge in [0, 0.05) is 0 Å². The average molecular weight is 314 g/mol. The van der Waals surface area contributed by atoms with Crippen molar-refractivity contribution < 1.29 is 4.74 Å². The molecule has 1 aliphatic carbocycles. The van der Waals surface area contributed by atoms with Crippen molar-refractivity contribution in [2.24, 2.45) is 0 Å². The van der Waals surface area contributed by atoms with Crippen LogP contribution in [0.25, 0.3) is 11.1 Å². The van der Waals surface area contributed by atoms with Gasteiger partial charge >= 0.3 is 0 Å². The lowest BCUT2D eigenvalue weighted by atomic mass is 9.97. The molecule has 0 saturated heterocycles. The fourth-order valence-electron chi connectivity index (χ4n) is 3.65. The van der Waals surface area contributed by atoms with Crippen LogP contribution in [0.2, 0.25) is 0 Å². The molecule has 4 rings (SSSR count). The Morgan fingerprint density at radius 3 is 2.54 bits per heavy atom. The standard InChI is InChI=1S/C23H22O/c1-17-20(12-6-13-21(17)18-8-3-2-4-9-18)16-24-23-15-7-11-19-10-5-14-22(19)23/h2-4,6-9,11-13,15H,5,10,14,16H2,1H3. The van der Waals surface area contributed by atoms with E-state index in [9.17, 15) is 0 Å². The Labute approximate surface area is 143 Å². The van der Waals surface area contributed by atoms with Gasteiger partial charge in [-0.05, 0) is 65.6 Å². The lowest BCUT2D eigenvalue weighted by Crippen LogP contribution is -2.01. The molecular weight excluding hydrogens is 292 g/mol. The van der Waals surface area contributed by atoms with Gasteiger partial charge < -0.3 is 4.74 Å². The topological polar surface area (TPSA) is 9.23 Å². The Morgan fingerprint density at radius 2 is 1.67 bits per heavy atom. The Hall–Kier alpha value is -2.54. The maximum Gasteiger partial charge on any atom is 0.123 e. The largest absolute Gasteiger partial charge is 0.489 e. The van der Waals surface area contributed by atoms with Crippen LogP contribution in [-0.4, -0.2) is 0 Å². The van der Waals surface area contributed by atoms with Crippen molar-refractivity contribution in [1.29, 1.82) is 0 Å². The van der Waals surface area contributed by atoms with Crippen LogP contribution < -0.4 is 4.74 Å². The first-order valence-electron chi connectivity index (χ1n) is 8.70. The highest BCUT2D eigenvalue weighted by atomic mass is 16.5. The number of hydrogen-bond donors (Lipinski definition) is 0. The first-order valence-corrected chi connectivity index (χ1v) is 8.70. The van der Waals surface area contributed by atoms with E-state index in [0.717, 1.165) is 12.2 Å². The highest BCUT2D eigenvalue weighted by Crippen LogP contribution is 2.32. The summed E-state index contributed by atoms with van der Waals surface area (Å²) in [4.78, 5) is 0. The number of hydrogen-bond acceptors (Lipinski definition) is 1. The smallest absolute Gasteiger partial charge is 0.123 e. The summed E-state index contributed by atoms with van der Waals surface area (Å²) in [5, 5.41) is 0. The summed E-state index contributed by atoms with van der Waals surface area (Å²) in [6, 6.07) is 23.5. The molecule has 0 N–H and O–H groups in total. The van der Waals surface area contributed by atoms with Crippen LogP contribution in [0.4, 0.5) is 0 Å². The molecule has 0 aromatic heterocycles. The van der Waals surface area contributed by atoms with Crippen molar-refractivity contribution in [3.05, 3.63) is 89.0 Å². The molecule has 1 aliphatic rings. The number of ether oxygens (including phenoxy) is 1. The van der Waals surface area contributed by atoms with Crippen LogP contribution in [0.5, 0.6) is 5.75 Å². The summed E-state index contributed by atoms with van der Waals surface area (Å²) in [5.74, 6) is 1.06. The number of benzene rings is 3. The zero-order chi connectivity index (χ0) is 16.4. The molecule has 0 heterocycles. The lowest BCUT2D eigenvalue weighted by Gasteiger charge is -2.14. The molecule has 0 saturated carbocycles. The third kappa shape index (κ3) is 2.82. The predicted molar refractivity (Wildman–Crippen MR) is 99.4 cm³/mol. The van der Waals surface area contributed by atoms with Crippen LogP contribution in [-0.2, 0) is 19.4 Å². The fourth-order valence-corrected chi connectivity index (χ4v) is 3.65. The second kappa shape index (κ2) is 6.52. The van der Waals surface area contributed by atoms with Gasteiger partial charge in [-0.15, -0.1) is 0 Å². The molecule has 0 fully saturated rings. The first kappa shape index (κ1) is 15.0. The molecule has 0 bridgehead atoms. The maximum atomic E-state index is 6.21. The summed E-state index contributed by atoms with van der Waals surface area (Å²) in [5.41, 5.74) is 7.98. The van der Waals surface area contributed by atoms with E-state index in [0.29, 0.717) is 6.61 Å². The van der Waals surface area contributed by atoms with Crippen LogP contribution >= 0.6 is 0 Å². The van der Waals surface area contributed by atoms with Crippen molar-refractivity contribution in [2.75, 3.05) is 0 Å². The van der Waals surface area contributed by atoms with Crippen LogP contribution in [0, 0.1) is 6.92 Å². The summed E-state index contributed by atoms with van der Waals surface area (Å²) in [7, 11) is 0. The lowest BCUT2D eigenvalue weighted by molar-refractivity contribution is 0.302. The molecule has 0 radical (unpaired) electrons. The highest BCUT2D eigenvalue weighted by Gasteiger charge is 2.15. The summed E-state index contributed by atoms with van der Waals surface area (Å²) in [6.45, 7) is 2.82. The van der Waals surface area contributed by atoms with Gasteiger partial charge in [0.25, 0.3) is 0 Å². The van der Waals surface area contributed by atoms with Crippen LogP contribution in [0.3, 0.4) is 0 Å². The van der Waals surface area contributed by atoms with Gasteiger partial charge in [0.2, 0.25) is 0 Å². The molecule has 24 heavy (non-hydrogen) atoms. The molecule has 3 aromatic rings. The van der Waals surface area contributed by atoms with E-state index >= 15 is 0 Å². The van der Waals surface area contributed by atoms with E-state index in [4.69, 9.17) is 4.74 Å². The number of rotatable bonds is 4. The molecule has 0 amide bonds. The first-order chi connectivity index (χ1) is 11.8. The quantitative estimate of drug-likeness (QED) is 0.597. The van der Waals surface area contributed by atoms with Crippen LogP contribution in [0.1, 0.15) is 28.7 Å². The van der Waals surface area contributed by atoms with E-state index in [2.05, 4.69) is 73.7 Å². The van der Waals surface area contributed by atoms with E-state index in [1.807, 2.05) is 0 Å². The van der Waals surface area contributed by atoms with E-state index in [-0.39, 0.29) is 0 Å². The third-order valence-electron chi connectivity index (χ3n) is 5.02.